The van der Waals surface area contributed by atoms with Gasteiger partial charge in [0.2, 0.25) is 0 Å². The minimum Gasteiger partial charge on any atom is -0.506 e. The predicted molar refractivity (Wildman–Crippen MR) is 111 cm³/mol. The molecule has 0 aliphatic carbocycles. The van der Waals surface area contributed by atoms with Crippen LogP contribution in [0.1, 0.15) is 51.3 Å². The lowest BCUT2D eigenvalue weighted by atomic mass is 9.95. The maximum absolute atomic E-state index is 12.9. The summed E-state index contributed by atoms with van der Waals surface area (Å²) in [6.07, 6.45) is 0. The van der Waals surface area contributed by atoms with Crippen molar-refractivity contribution < 1.29 is 32.6 Å². The number of carbonyl (C=O) groups excluding carboxylic acids is 2. The number of aryl methyl sites for hydroxylation is 1. The molecule has 0 aliphatic heterocycles. The molecule has 0 aromatic heterocycles. The van der Waals surface area contributed by atoms with E-state index in [0.29, 0.717) is 0 Å². The second-order valence-corrected chi connectivity index (χ2v) is 8.27. The van der Waals surface area contributed by atoms with Crippen LogP contribution in [0.25, 0.3) is 0 Å². The molecule has 0 spiro atoms. The summed E-state index contributed by atoms with van der Waals surface area (Å²) in [6, 6.07) is 6.20. The number of rotatable bonds is 7. The SMILES string of the molecule is CCOC(=O)c1c(C)c(NS(=O)(=O)c2ccc(C)cc2)c(C)c(C(=O)OCC)c1O. The third-order valence-electron chi connectivity index (χ3n) is 4.50. The van der Waals surface area contributed by atoms with Gasteiger partial charge in [0, 0.05) is 0 Å². The Labute approximate surface area is 175 Å². The van der Waals surface area contributed by atoms with E-state index in [1.54, 1.807) is 26.0 Å². The van der Waals surface area contributed by atoms with Gasteiger partial charge in [0.15, 0.2) is 0 Å². The van der Waals surface area contributed by atoms with Gasteiger partial charge in [0.25, 0.3) is 10.0 Å². The quantitative estimate of drug-likeness (QED) is 0.505. The van der Waals surface area contributed by atoms with Crippen LogP contribution in [-0.4, -0.2) is 38.7 Å². The molecule has 8 nitrogen and oxygen atoms in total. The number of nitrogens with one attached hydrogen (secondary N) is 1. The molecule has 2 N–H and O–H groups in total. The molecular formula is C21H25NO7S. The van der Waals surface area contributed by atoms with E-state index in [1.165, 1.54) is 26.0 Å². The highest BCUT2D eigenvalue weighted by Gasteiger charge is 2.30. The molecule has 0 bridgehead atoms. The number of benzene rings is 2. The highest BCUT2D eigenvalue weighted by molar-refractivity contribution is 7.92. The van der Waals surface area contributed by atoms with Crippen LogP contribution in [0.4, 0.5) is 5.69 Å². The minimum absolute atomic E-state index is 0.000480. The lowest BCUT2D eigenvalue weighted by Crippen LogP contribution is -2.19. The maximum atomic E-state index is 12.9. The fourth-order valence-corrected chi connectivity index (χ4v) is 4.17. The van der Waals surface area contributed by atoms with Gasteiger partial charge in [-0.1, -0.05) is 17.7 Å². The van der Waals surface area contributed by atoms with E-state index in [4.69, 9.17) is 9.47 Å². The Bertz CT molecular complexity index is 1030. The van der Waals surface area contributed by atoms with Gasteiger partial charge in [-0.3, -0.25) is 4.72 Å². The van der Waals surface area contributed by atoms with Crippen LogP contribution in [0.3, 0.4) is 0 Å². The highest BCUT2D eigenvalue weighted by atomic mass is 32.2. The van der Waals surface area contributed by atoms with Gasteiger partial charge >= 0.3 is 11.9 Å². The van der Waals surface area contributed by atoms with E-state index in [9.17, 15) is 23.1 Å². The zero-order valence-electron chi connectivity index (χ0n) is 17.5. The molecule has 2 aromatic rings. The number of aromatic hydroxyl groups is 1. The van der Waals surface area contributed by atoms with Gasteiger partial charge in [-0.2, -0.15) is 0 Å². The van der Waals surface area contributed by atoms with Crippen LogP contribution < -0.4 is 4.72 Å². The second kappa shape index (κ2) is 9.17. The molecule has 162 valence electrons. The third kappa shape index (κ3) is 4.56. The number of hydrogen-bond donors (Lipinski definition) is 2. The smallest absolute Gasteiger partial charge is 0.342 e. The fourth-order valence-electron chi connectivity index (χ4n) is 2.98. The van der Waals surface area contributed by atoms with Crippen LogP contribution >= 0.6 is 0 Å². The largest absolute Gasteiger partial charge is 0.506 e. The van der Waals surface area contributed by atoms with Gasteiger partial charge in [0.1, 0.15) is 16.9 Å². The number of carbonyl (C=O) groups is 2. The molecule has 0 saturated heterocycles. The van der Waals surface area contributed by atoms with E-state index in [-0.39, 0.29) is 46.1 Å². The van der Waals surface area contributed by atoms with Crippen molar-refractivity contribution in [3.05, 3.63) is 52.1 Å². The van der Waals surface area contributed by atoms with E-state index in [1.807, 2.05) is 6.92 Å². The van der Waals surface area contributed by atoms with Crippen molar-refractivity contribution in [2.75, 3.05) is 17.9 Å². The number of esters is 2. The van der Waals surface area contributed by atoms with Crippen molar-refractivity contribution in [1.29, 1.82) is 0 Å². The van der Waals surface area contributed by atoms with Gasteiger partial charge in [-0.25, -0.2) is 18.0 Å². The normalized spacial score (nSPS) is 11.1. The molecular weight excluding hydrogens is 410 g/mol. The van der Waals surface area contributed by atoms with Crippen molar-refractivity contribution >= 4 is 27.6 Å². The summed E-state index contributed by atoms with van der Waals surface area (Å²) in [5.74, 6) is -2.37. The Morgan fingerprint density at radius 1 is 0.900 bits per heavy atom. The van der Waals surface area contributed by atoms with Crippen molar-refractivity contribution in [3.8, 4) is 5.75 Å². The first-order valence-electron chi connectivity index (χ1n) is 9.34. The van der Waals surface area contributed by atoms with E-state index < -0.39 is 27.7 Å². The Balaban J connectivity index is 2.72. The van der Waals surface area contributed by atoms with Crippen molar-refractivity contribution in [1.82, 2.24) is 0 Å². The summed E-state index contributed by atoms with van der Waals surface area (Å²) in [6.45, 7) is 7.99. The second-order valence-electron chi connectivity index (χ2n) is 6.58. The van der Waals surface area contributed by atoms with Gasteiger partial charge in [-0.15, -0.1) is 0 Å². The lowest BCUT2D eigenvalue weighted by molar-refractivity contribution is 0.0517. The molecule has 0 aliphatic rings. The summed E-state index contributed by atoms with van der Waals surface area (Å²) in [5.41, 5.74) is 0.554. The Morgan fingerprint density at radius 3 is 1.73 bits per heavy atom. The zero-order chi connectivity index (χ0) is 22.6. The van der Waals surface area contributed by atoms with Crippen LogP contribution in [0, 0.1) is 20.8 Å². The molecule has 0 atom stereocenters. The summed E-state index contributed by atoms with van der Waals surface area (Å²) in [7, 11) is -4.03. The van der Waals surface area contributed by atoms with Crippen LogP contribution in [0.5, 0.6) is 5.75 Å². The summed E-state index contributed by atoms with van der Waals surface area (Å²) in [5, 5.41) is 10.6. The fraction of sp³-hybridized carbons (Fsp3) is 0.333. The first-order valence-corrected chi connectivity index (χ1v) is 10.8. The molecule has 30 heavy (non-hydrogen) atoms. The molecule has 9 heteroatoms. The van der Waals surface area contributed by atoms with Gasteiger partial charge < -0.3 is 14.6 Å². The first kappa shape index (κ1) is 23.2. The Kier molecular flexibility index (Phi) is 7.09. The molecule has 0 radical (unpaired) electrons. The van der Waals surface area contributed by atoms with Crippen molar-refractivity contribution in [2.24, 2.45) is 0 Å². The number of phenols is 1. The van der Waals surface area contributed by atoms with E-state index in [2.05, 4.69) is 4.72 Å². The standard InChI is InChI=1S/C21H25NO7S/c1-6-28-20(24)16-13(4)18(14(5)17(19(16)23)21(25)29-7-2)22-30(26,27)15-10-8-12(3)9-11-15/h8-11,22-23H,6-7H2,1-5H3. The predicted octanol–water partition coefficient (Wildman–Crippen LogP) is 3.47. The monoisotopic (exact) mass is 435 g/mol. The zero-order valence-corrected chi connectivity index (χ0v) is 18.3. The van der Waals surface area contributed by atoms with Crippen molar-refractivity contribution in [2.45, 2.75) is 39.5 Å². The van der Waals surface area contributed by atoms with Crippen LogP contribution in [0.15, 0.2) is 29.2 Å². The molecule has 2 rings (SSSR count). The maximum Gasteiger partial charge on any atom is 0.342 e. The molecule has 0 saturated carbocycles. The molecule has 0 unspecified atom stereocenters. The van der Waals surface area contributed by atoms with Gasteiger partial charge in [0.05, 0.1) is 23.8 Å². The molecule has 0 amide bonds. The summed E-state index contributed by atoms with van der Waals surface area (Å²) < 4.78 is 38.2. The Morgan fingerprint density at radius 2 is 1.33 bits per heavy atom. The molecule has 0 fully saturated rings. The lowest BCUT2D eigenvalue weighted by Gasteiger charge is -2.20. The number of anilines is 1. The van der Waals surface area contributed by atoms with Crippen molar-refractivity contribution in [3.63, 3.8) is 0 Å². The minimum atomic E-state index is -4.03. The summed E-state index contributed by atoms with van der Waals surface area (Å²) >= 11 is 0. The number of phenolic OH excluding ortho intramolecular Hbond substituents is 1. The Hall–Kier alpha value is -3.07. The van der Waals surface area contributed by atoms with Crippen LogP contribution in [-0.2, 0) is 19.5 Å². The number of hydrogen-bond acceptors (Lipinski definition) is 7. The average Bonchev–Trinajstić information content (AvgIpc) is 2.66. The van der Waals surface area contributed by atoms with Crippen LogP contribution in [0.2, 0.25) is 0 Å². The first-order chi connectivity index (χ1) is 14.0. The number of sulfonamides is 1. The van der Waals surface area contributed by atoms with E-state index >= 15 is 0 Å². The average molecular weight is 435 g/mol. The highest BCUT2D eigenvalue weighted by Crippen LogP contribution is 2.38. The third-order valence-corrected chi connectivity index (χ3v) is 5.87. The molecule has 2 aromatic carbocycles. The topological polar surface area (TPSA) is 119 Å². The van der Waals surface area contributed by atoms with Gasteiger partial charge in [-0.05, 0) is 57.9 Å². The van der Waals surface area contributed by atoms with E-state index in [0.717, 1.165) is 5.56 Å². The molecule has 0 heterocycles. The number of ether oxygens (including phenoxy) is 2. The summed E-state index contributed by atoms with van der Waals surface area (Å²) in [4.78, 5) is 24.9.